The van der Waals surface area contributed by atoms with E-state index in [0.29, 0.717) is 17.8 Å². The number of aryl methyl sites for hydroxylation is 1. The molecule has 3 heteroatoms. The van der Waals surface area contributed by atoms with E-state index in [2.05, 4.69) is 6.92 Å². The summed E-state index contributed by atoms with van der Waals surface area (Å²) in [6.45, 7) is 5.22. The van der Waals surface area contributed by atoms with Gasteiger partial charge in [0.05, 0.1) is 12.0 Å². The standard InChI is InChI=1S/C25H38O3/c1-3-4-5-6-7-16-27-24-15-12-20-17-22(11-10-21(20)18-24)25(26)28-23-13-8-19(2)9-14-23/h8-9,13-14,20-22,24H,3-7,10-12,15-18H2,1-2H3/t20?,21-,22-,24?/m1/s1. The van der Waals surface area contributed by atoms with Crippen LogP contribution in [0.1, 0.15) is 83.1 Å². The van der Waals surface area contributed by atoms with Gasteiger partial charge in [-0.3, -0.25) is 4.79 Å². The van der Waals surface area contributed by atoms with Crippen LogP contribution in [-0.4, -0.2) is 18.7 Å². The highest BCUT2D eigenvalue weighted by Gasteiger charge is 2.38. The van der Waals surface area contributed by atoms with Gasteiger partial charge < -0.3 is 9.47 Å². The highest BCUT2D eigenvalue weighted by Crippen LogP contribution is 2.43. The number of fused-ring (bicyclic) bond motifs is 1. The summed E-state index contributed by atoms with van der Waals surface area (Å²) in [5.41, 5.74) is 1.18. The van der Waals surface area contributed by atoms with E-state index >= 15 is 0 Å². The summed E-state index contributed by atoms with van der Waals surface area (Å²) in [7, 11) is 0. The lowest BCUT2D eigenvalue weighted by molar-refractivity contribution is -0.141. The van der Waals surface area contributed by atoms with Gasteiger partial charge in [0.15, 0.2) is 0 Å². The first-order valence-electron chi connectivity index (χ1n) is 11.6. The molecule has 3 rings (SSSR count). The second kappa shape index (κ2) is 11.0. The van der Waals surface area contributed by atoms with Gasteiger partial charge in [-0.15, -0.1) is 0 Å². The topological polar surface area (TPSA) is 35.5 Å². The van der Waals surface area contributed by atoms with E-state index in [1.165, 1.54) is 50.5 Å². The summed E-state index contributed by atoms with van der Waals surface area (Å²) < 4.78 is 11.8. The van der Waals surface area contributed by atoms with Gasteiger partial charge in [-0.05, 0) is 75.8 Å². The third kappa shape index (κ3) is 6.34. The van der Waals surface area contributed by atoms with Gasteiger partial charge in [0.25, 0.3) is 0 Å². The molecule has 0 N–H and O–H groups in total. The van der Waals surface area contributed by atoms with Crippen molar-refractivity contribution in [3.63, 3.8) is 0 Å². The van der Waals surface area contributed by atoms with Gasteiger partial charge in [0.2, 0.25) is 0 Å². The van der Waals surface area contributed by atoms with Crippen LogP contribution in [-0.2, 0) is 9.53 Å². The normalized spacial score (nSPS) is 27.2. The number of hydrogen-bond donors (Lipinski definition) is 0. The molecule has 2 unspecified atom stereocenters. The molecule has 0 spiro atoms. The molecule has 0 aliphatic heterocycles. The zero-order chi connectivity index (χ0) is 19.8. The second-order valence-corrected chi connectivity index (χ2v) is 8.98. The predicted octanol–water partition coefficient (Wildman–Crippen LogP) is 6.47. The third-order valence-corrected chi connectivity index (χ3v) is 6.74. The molecule has 0 heterocycles. The highest BCUT2D eigenvalue weighted by molar-refractivity contribution is 5.75. The van der Waals surface area contributed by atoms with Crippen molar-refractivity contribution in [3.05, 3.63) is 29.8 Å². The Morgan fingerprint density at radius 1 is 0.929 bits per heavy atom. The molecule has 2 fully saturated rings. The Labute approximate surface area is 171 Å². The van der Waals surface area contributed by atoms with Crippen molar-refractivity contribution in [1.29, 1.82) is 0 Å². The average molecular weight is 387 g/mol. The van der Waals surface area contributed by atoms with Crippen molar-refractivity contribution in [2.24, 2.45) is 17.8 Å². The fraction of sp³-hybridized carbons (Fsp3) is 0.720. The lowest BCUT2D eigenvalue weighted by Crippen LogP contribution is -2.37. The molecule has 4 atom stereocenters. The molecule has 2 aliphatic carbocycles. The van der Waals surface area contributed by atoms with Crippen LogP contribution in [0, 0.1) is 24.7 Å². The minimum absolute atomic E-state index is 0.0345. The Bertz CT molecular complexity index is 594. The largest absolute Gasteiger partial charge is 0.426 e. The highest BCUT2D eigenvalue weighted by atomic mass is 16.5. The summed E-state index contributed by atoms with van der Waals surface area (Å²) in [5.74, 6) is 2.12. The number of hydrogen-bond acceptors (Lipinski definition) is 3. The number of unbranched alkanes of at least 4 members (excludes halogenated alkanes) is 4. The van der Waals surface area contributed by atoms with Gasteiger partial charge in [0.1, 0.15) is 5.75 Å². The van der Waals surface area contributed by atoms with Crippen LogP contribution >= 0.6 is 0 Å². The van der Waals surface area contributed by atoms with Crippen molar-refractivity contribution in [2.45, 2.75) is 90.6 Å². The number of rotatable bonds is 9. The number of ether oxygens (including phenoxy) is 2. The molecule has 3 nitrogen and oxygen atoms in total. The maximum absolute atomic E-state index is 12.6. The fourth-order valence-electron chi connectivity index (χ4n) is 4.97. The zero-order valence-electron chi connectivity index (χ0n) is 17.8. The van der Waals surface area contributed by atoms with E-state index < -0.39 is 0 Å². The molecule has 0 radical (unpaired) electrons. The summed E-state index contributed by atoms with van der Waals surface area (Å²) in [6.07, 6.45) is 13.6. The SMILES string of the molecule is CCCCCCCOC1CCC2C[C@H](C(=O)Oc3ccc(C)cc3)CC[C@@H]2C1. The van der Waals surface area contributed by atoms with Crippen LogP contribution in [0.3, 0.4) is 0 Å². The van der Waals surface area contributed by atoms with Gasteiger partial charge in [-0.2, -0.15) is 0 Å². The number of esters is 1. The van der Waals surface area contributed by atoms with Crippen LogP contribution in [0.4, 0.5) is 0 Å². The first kappa shape index (κ1) is 21.4. The van der Waals surface area contributed by atoms with E-state index in [9.17, 15) is 4.79 Å². The van der Waals surface area contributed by atoms with Crippen molar-refractivity contribution in [1.82, 2.24) is 0 Å². The minimum atomic E-state index is -0.0345. The van der Waals surface area contributed by atoms with Crippen molar-refractivity contribution >= 4 is 5.97 Å². The fourth-order valence-corrected chi connectivity index (χ4v) is 4.97. The summed E-state index contributed by atoms with van der Waals surface area (Å²) in [6, 6.07) is 7.77. The summed E-state index contributed by atoms with van der Waals surface area (Å²) >= 11 is 0. The van der Waals surface area contributed by atoms with Crippen LogP contribution in [0.5, 0.6) is 5.75 Å². The van der Waals surface area contributed by atoms with Crippen LogP contribution < -0.4 is 4.74 Å². The molecule has 2 saturated carbocycles. The summed E-state index contributed by atoms with van der Waals surface area (Å²) in [4.78, 5) is 12.6. The third-order valence-electron chi connectivity index (χ3n) is 6.74. The molecule has 0 aromatic heterocycles. The first-order chi connectivity index (χ1) is 13.7. The van der Waals surface area contributed by atoms with Crippen molar-refractivity contribution in [3.8, 4) is 5.75 Å². The average Bonchev–Trinajstić information content (AvgIpc) is 2.71. The van der Waals surface area contributed by atoms with Crippen LogP contribution in [0.2, 0.25) is 0 Å². The van der Waals surface area contributed by atoms with Gasteiger partial charge >= 0.3 is 5.97 Å². The molecule has 1 aromatic rings. The summed E-state index contributed by atoms with van der Waals surface area (Å²) in [5, 5.41) is 0. The number of benzene rings is 1. The van der Waals surface area contributed by atoms with Crippen molar-refractivity contribution in [2.75, 3.05) is 6.61 Å². The molecule has 2 aliphatic rings. The minimum Gasteiger partial charge on any atom is -0.426 e. The Morgan fingerprint density at radius 2 is 1.64 bits per heavy atom. The van der Waals surface area contributed by atoms with Gasteiger partial charge in [-0.1, -0.05) is 50.3 Å². The van der Waals surface area contributed by atoms with E-state index in [0.717, 1.165) is 38.2 Å². The van der Waals surface area contributed by atoms with Crippen molar-refractivity contribution < 1.29 is 14.3 Å². The lowest BCUT2D eigenvalue weighted by atomic mass is 9.67. The molecule has 28 heavy (non-hydrogen) atoms. The van der Waals surface area contributed by atoms with Gasteiger partial charge in [0, 0.05) is 6.61 Å². The molecule has 1 aromatic carbocycles. The van der Waals surface area contributed by atoms with Gasteiger partial charge in [-0.25, -0.2) is 0 Å². The molecule has 156 valence electrons. The smallest absolute Gasteiger partial charge is 0.314 e. The monoisotopic (exact) mass is 386 g/mol. The van der Waals surface area contributed by atoms with E-state index in [1.807, 2.05) is 31.2 Å². The molecule has 0 amide bonds. The van der Waals surface area contributed by atoms with Crippen LogP contribution in [0.15, 0.2) is 24.3 Å². The van der Waals surface area contributed by atoms with Crippen LogP contribution in [0.25, 0.3) is 0 Å². The molecule has 0 bridgehead atoms. The quantitative estimate of drug-likeness (QED) is 0.277. The lowest BCUT2D eigenvalue weighted by Gasteiger charge is -2.41. The first-order valence-corrected chi connectivity index (χ1v) is 11.6. The Balaban J connectivity index is 1.37. The number of carbonyl (C=O) groups is 1. The molecular weight excluding hydrogens is 348 g/mol. The Kier molecular flexibility index (Phi) is 8.39. The number of carbonyl (C=O) groups excluding carboxylic acids is 1. The predicted molar refractivity (Wildman–Crippen MR) is 113 cm³/mol. The Hall–Kier alpha value is -1.35. The second-order valence-electron chi connectivity index (χ2n) is 8.98. The van der Waals surface area contributed by atoms with E-state index in [4.69, 9.17) is 9.47 Å². The molecular formula is C25H38O3. The molecule has 0 saturated heterocycles. The van der Waals surface area contributed by atoms with E-state index in [1.54, 1.807) is 0 Å². The maximum atomic E-state index is 12.6. The van der Waals surface area contributed by atoms with E-state index in [-0.39, 0.29) is 11.9 Å². The zero-order valence-corrected chi connectivity index (χ0v) is 17.8. The maximum Gasteiger partial charge on any atom is 0.314 e. The Morgan fingerprint density at radius 3 is 2.43 bits per heavy atom.